The van der Waals surface area contributed by atoms with Crippen LogP contribution >= 0.6 is 11.6 Å². The monoisotopic (exact) mass is 205 g/mol. The molecular formula is C11H8ClNO. The number of hydrogen-bond donors (Lipinski definition) is 1. The molecule has 0 unspecified atom stereocenters. The largest absolute Gasteiger partial charge is 0.329 e. The molecular weight excluding hydrogens is 198 g/mol. The number of nitrogens with one attached hydrogen (secondary N) is 1. The van der Waals surface area contributed by atoms with Crippen molar-refractivity contribution in [3.05, 3.63) is 41.4 Å². The molecule has 0 aliphatic carbocycles. The lowest BCUT2D eigenvalue weighted by Gasteiger charge is -2.02. The maximum atomic E-state index is 10.2. The van der Waals surface area contributed by atoms with E-state index in [0.717, 1.165) is 16.5 Å². The number of hydrogen-bond acceptors (Lipinski definition) is 1. The van der Waals surface area contributed by atoms with Crippen LogP contribution in [0, 0.1) is 0 Å². The van der Waals surface area contributed by atoms with Gasteiger partial charge in [0.05, 0.1) is 0 Å². The first kappa shape index (κ1) is 9.03. The second-order valence-electron chi connectivity index (χ2n) is 2.97. The maximum Gasteiger partial charge on any atom is 0.211 e. The van der Waals surface area contributed by atoms with Crippen LogP contribution in [0.1, 0.15) is 0 Å². The third-order valence-corrected chi connectivity index (χ3v) is 2.26. The predicted octanol–water partition coefficient (Wildman–Crippen LogP) is 3.06. The SMILES string of the molecule is O=CNc1ccc2cc(Cl)ccc2c1. The smallest absolute Gasteiger partial charge is 0.211 e. The second kappa shape index (κ2) is 3.68. The molecule has 14 heavy (non-hydrogen) atoms. The highest BCUT2D eigenvalue weighted by atomic mass is 35.5. The number of rotatable bonds is 2. The molecule has 70 valence electrons. The van der Waals surface area contributed by atoms with Crippen molar-refractivity contribution in [1.82, 2.24) is 0 Å². The van der Waals surface area contributed by atoms with E-state index in [1.165, 1.54) is 0 Å². The summed E-state index contributed by atoms with van der Waals surface area (Å²) in [5.74, 6) is 0. The number of fused-ring (bicyclic) bond motifs is 1. The van der Waals surface area contributed by atoms with Gasteiger partial charge in [0.2, 0.25) is 6.41 Å². The van der Waals surface area contributed by atoms with Crippen molar-refractivity contribution in [2.45, 2.75) is 0 Å². The Morgan fingerprint density at radius 2 is 1.79 bits per heavy atom. The first-order chi connectivity index (χ1) is 6.79. The lowest BCUT2D eigenvalue weighted by atomic mass is 10.1. The van der Waals surface area contributed by atoms with Crippen molar-refractivity contribution >= 4 is 34.5 Å². The summed E-state index contributed by atoms with van der Waals surface area (Å²) in [4.78, 5) is 10.2. The van der Waals surface area contributed by atoms with Crippen LogP contribution in [0.25, 0.3) is 10.8 Å². The van der Waals surface area contributed by atoms with Crippen molar-refractivity contribution in [2.24, 2.45) is 0 Å². The molecule has 0 bridgehead atoms. The summed E-state index contributed by atoms with van der Waals surface area (Å²) < 4.78 is 0. The van der Waals surface area contributed by atoms with Crippen molar-refractivity contribution in [3.8, 4) is 0 Å². The first-order valence-corrected chi connectivity index (χ1v) is 4.57. The Morgan fingerprint density at radius 1 is 1.07 bits per heavy atom. The van der Waals surface area contributed by atoms with Crippen LogP contribution in [0.4, 0.5) is 5.69 Å². The fourth-order valence-electron chi connectivity index (χ4n) is 1.37. The van der Waals surface area contributed by atoms with Gasteiger partial charge in [0.25, 0.3) is 0 Å². The predicted molar refractivity (Wildman–Crippen MR) is 58.6 cm³/mol. The van der Waals surface area contributed by atoms with Crippen molar-refractivity contribution in [1.29, 1.82) is 0 Å². The minimum atomic E-state index is 0.664. The molecule has 2 aromatic rings. The topological polar surface area (TPSA) is 29.1 Å². The summed E-state index contributed by atoms with van der Waals surface area (Å²) in [6.45, 7) is 0. The molecule has 0 fully saturated rings. The summed E-state index contributed by atoms with van der Waals surface area (Å²) in [5.41, 5.74) is 0.787. The molecule has 1 N–H and O–H groups in total. The van der Waals surface area contributed by atoms with Crippen LogP contribution in [-0.4, -0.2) is 6.41 Å². The van der Waals surface area contributed by atoms with E-state index in [1.807, 2.05) is 36.4 Å². The molecule has 1 amide bonds. The molecule has 0 radical (unpaired) electrons. The molecule has 0 aliphatic heterocycles. The van der Waals surface area contributed by atoms with Crippen LogP contribution < -0.4 is 5.32 Å². The molecule has 0 heterocycles. The summed E-state index contributed by atoms with van der Waals surface area (Å²) in [7, 11) is 0. The van der Waals surface area contributed by atoms with Gasteiger partial charge in [0.1, 0.15) is 0 Å². The number of halogens is 1. The third-order valence-electron chi connectivity index (χ3n) is 2.03. The van der Waals surface area contributed by atoms with Crippen LogP contribution in [0.15, 0.2) is 36.4 Å². The Labute approximate surface area is 86.5 Å². The zero-order valence-corrected chi connectivity index (χ0v) is 8.08. The van der Waals surface area contributed by atoms with E-state index in [9.17, 15) is 4.79 Å². The normalized spacial score (nSPS) is 10.1. The molecule has 0 saturated heterocycles. The Kier molecular flexibility index (Phi) is 2.37. The Hall–Kier alpha value is -1.54. The van der Waals surface area contributed by atoms with E-state index in [2.05, 4.69) is 5.32 Å². The van der Waals surface area contributed by atoms with Crippen molar-refractivity contribution in [2.75, 3.05) is 5.32 Å². The third kappa shape index (κ3) is 1.70. The molecule has 0 atom stereocenters. The van der Waals surface area contributed by atoms with Gasteiger partial charge in [-0.2, -0.15) is 0 Å². The van der Waals surface area contributed by atoms with Gasteiger partial charge in [-0.25, -0.2) is 0 Å². The quantitative estimate of drug-likeness (QED) is 0.751. The lowest BCUT2D eigenvalue weighted by Crippen LogP contribution is -1.92. The van der Waals surface area contributed by atoms with Gasteiger partial charge in [0.15, 0.2) is 0 Å². The fraction of sp³-hybridized carbons (Fsp3) is 0. The highest BCUT2D eigenvalue weighted by molar-refractivity contribution is 6.31. The number of amides is 1. The highest BCUT2D eigenvalue weighted by Crippen LogP contribution is 2.22. The van der Waals surface area contributed by atoms with E-state index >= 15 is 0 Å². The summed E-state index contributed by atoms with van der Waals surface area (Å²) in [5, 5.41) is 5.44. The zero-order chi connectivity index (χ0) is 9.97. The van der Waals surface area contributed by atoms with E-state index in [-0.39, 0.29) is 0 Å². The van der Waals surface area contributed by atoms with Gasteiger partial charge in [-0.15, -0.1) is 0 Å². The average Bonchev–Trinajstić information content (AvgIpc) is 2.19. The number of carbonyl (C=O) groups is 1. The Balaban J connectivity index is 2.55. The minimum absolute atomic E-state index is 0.664. The van der Waals surface area contributed by atoms with E-state index in [4.69, 9.17) is 11.6 Å². The maximum absolute atomic E-state index is 10.2. The number of anilines is 1. The van der Waals surface area contributed by atoms with E-state index in [1.54, 1.807) is 0 Å². The van der Waals surface area contributed by atoms with Crippen LogP contribution in [-0.2, 0) is 4.79 Å². The second-order valence-corrected chi connectivity index (χ2v) is 3.40. The van der Waals surface area contributed by atoms with Gasteiger partial charge < -0.3 is 5.32 Å². The van der Waals surface area contributed by atoms with Gasteiger partial charge in [0, 0.05) is 10.7 Å². The number of carbonyl (C=O) groups excluding carboxylic acids is 1. The van der Waals surface area contributed by atoms with Crippen LogP contribution in [0.3, 0.4) is 0 Å². The van der Waals surface area contributed by atoms with Gasteiger partial charge in [-0.05, 0) is 35.0 Å². The van der Waals surface area contributed by atoms with Gasteiger partial charge in [-0.3, -0.25) is 4.79 Å². The molecule has 0 saturated carbocycles. The Bertz CT molecular complexity index is 482. The molecule has 3 heteroatoms. The Morgan fingerprint density at radius 3 is 2.57 bits per heavy atom. The number of benzene rings is 2. The fourth-order valence-corrected chi connectivity index (χ4v) is 1.55. The van der Waals surface area contributed by atoms with Crippen molar-refractivity contribution in [3.63, 3.8) is 0 Å². The first-order valence-electron chi connectivity index (χ1n) is 4.19. The van der Waals surface area contributed by atoms with E-state index in [0.29, 0.717) is 11.4 Å². The van der Waals surface area contributed by atoms with Gasteiger partial charge in [-0.1, -0.05) is 23.7 Å². The molecule has 0 aliphatic rings. The summed E-state index contributed by atoms with van der Waals surface area (Å²) in [6.07, 6.45) is 0.664. The average molecular weight is 206 g/mol. The van der Waals surface area contributed by atoms with Crippen LogP contribution in [0.5, 0.6) is 0 Å². The standard InChI is InChI=1S/C11H8ClNO/c12-10-3-1-9-6-11(13-7-14)4-2-8(9)5-10/h1-7H,(H,13,14). The van der Waals surface area contributed by atoms with Crippen molar-refractivity contribution < 1.29 is 4.79 Å². The zero-order valence-electron chi connectivity index (χ0n) is 7.33. The minimum Gasteiger partial charge on any atom is -0.329 e. The van der Waals surface area contributed by atoms with Crippen LogP contribution in [0.2, 0.25) is 5.02 Å². The van der Waals surface area contributed by atoms with E-state index < -0.39 is 0 Å². The molecule has 2 aromatic carbocycles. The lowest BCUT2D eigenvalue weighted by molar-refractivity contribution is -0.105. The molecule has 2 rings (SSSR count). The van der Waals surface area contributed by atoms with Gasteiger partial charge >= 0.3 is 0 Å². The molecule has 2 nitrogen and oxygen atoms in total. The summed E-state index contributed by atoms with van der Waals surface area (Å²) in [6, 6.07) is 11.3. The summed E-state index contributed by atoms with van der Waals surface area (Å²) >= 11 is 5.85. The molecule has 0 aromatic heterocycles. The molecule has 0 spiro atoms. The highest BCUT2D eigenvalue weighted by Gasteiger charge is 1.96.